The summed E-state index contributed by atoms with van der Waals surface area (Å²) < 4.78 is 13.2. The Morgan fingerprint density at radius 3 is 2.33 bits per heavy atom. The van der Waals surface area contributed by atoms with Crippen molar-refractivity contribution >= 4 is 40.9 Å². The van der Waals surface area contributed by atoms with Gasteiger partial charge in [0, 0.05) is 11.8 Å². The Balaban J connectivity index is 1.57. The number of para-hydroxylation sites is 2. The minimum absolute atomic E-state index is 0.0185. The number of hydrogen-bond acceptors (Lipinski definition) is 3. The van der Waals surface area contributed by atoms with Gasteiger partial charge in [0.1, 0.15) is 11.9 Å². The topological polar surface area (TPSA) is 78.5 Å². The second kappa shape index (κ2) is 10.2. The van der Waals surface area contributed by atoms with Crippen molar-refractivity contribution in [1.82, 2.24) is 0 Å². The molecule has 0 radical (unpaired) electrons. The van der Waals surface area contributed by atoms with Crippen LogP contribution in [-0.2, 0) is 19.8 Å². The number of anilines is 3. The number of benzene rings is 3. The molecule has 6 nitrogen and oxygen atoms in total. The molecule has 36 heavy (non-hydrogen) atoms. The van der Waals surface area contributed by atoms with Gasteiger partial charge in [0.05, 0.1) is 17.8 Å². The van der Waals surface area contributed by atoms with Crippen LogP contribution < -0.4 is 15.5 Å². The second-order valence-electron chi connectivity index (χ2n) is 9.69. The molecule has 7 heteroatoms. The highest BCUT2D eigenvalue weighted by atomic mass is 19.1. The number of nitrogens with zero attached hydrogens (tertiary/aromatic N) is 1. The maximum atomic E-state index is 13.4. The molecule has 3 aromatic rings. The predicted octanol–water partition coefficient (Wildman–Crippen LogP) is 5.52. The number of carbonyl (C=O) groups is 3. The molecule has 1 atom stereocenters. The Labute approximate surface area is 209 Å². The molecule has 3 aromatic carbocycles. The maximum absolute atomic E-state index is 13.4. The lowest BCUT2D eigenvalue weighted by atomic mass is 9.87. The molecule has 184 valence electrons. The summed E-state index contributed by atoms with van der Waals surface area (Å²) in [6.45, 7) is 6.39. The summed E-state index contributed by atoms with van der Waals surface area (Å²) in [7, 11) is 0. The van der Waals surface area contributed by atoms with Crippen LogP contribution in [0, 0.1) is 5.82 Å². The average molecular weight is 486 g/mol. The molecule has 0 aromatic heterocycles. The summed E-state index contributed by atoms with van der Waals surface area (Å²) in [6.07, 6.45) is 2.84. The van der Waals surface area contributed by atoms with E-state index in [1.807, 2.05) is 24.3 Å². The van der Waals surface area contributed by atoms with E-state index in [2.05, 4.69) is 31.4 Å². The molecule has 1 heterocycles. The van der Waals surface area contributed by atoms with Gasteiger partial charge in [-0.15, -0.1) is 0 Å². The molecule has 0 aliphatic carbocycles. The first-order valence-electron chi connectivity index (χ1n) is 11.7. The van der Waals surface area contributed by atoms with E-state index in [0.717, 1.165) is 5.56 Å². The lowest BCUT2D eigenvalue weighted by molar-refractivity contribution is -0.124. The molecule has 2 N–H and O–H groups in total. The van der Waals surface area contributed by atoms with Gasteiger partial charge >= 0.3 is 0 Å². The minimum Gasteiger partial charge on any atom is -0.326 e. The summed E-state index contributed by atoms with van der Waals surface area (Å²) in [6, 6.07) is 19.1. The van der Waals surface area contributed by atoms with Crippen molar-refractivity contribution in [2.75, 3.05) is 15.5 Å². The zero-order valence-electron chi connectivity index (χ0n) is 20.4. The molecule has 3 amide bonds. The van der Waals surface area contributed by atoms with Crippen molar-refractivity contribution in [3.05, 3.63) is 95.8 Å². The molecule has 1 unspecified atom stereocenters. The third kappa shape index (κ3) is 5.68. The Kier molecular flexibility index (Phi) is 7.01. The summed E-state index contributed by atoms with van der Waals surface area (Å²) in [5.74, 6) is -1.77. The largest absolute Gasteiger partial charge is 0.326 e. The molecule has 1 aliphatic heterocycles. The van der Waals surface area contributed by atoms with Gasteiger partial charge < -0.3 is 10.6 Å². The van der Waals surface area contributed by atoms with Crippen LogP contribution in [0.4, 0.5) is 21.5 Å². The molecule has 0 fully saturated rings. The number of hydrogen-bond donors (Lipinski definition) is 2. The van der Waals surface area contributed by atoms with E-state index in [1.54, 1.807) is 30.3 Å². The number of carbonyl (C=O) groups excluding carboxylic acids is 3. The smallest absolute Gasteiger partial charge is 0.251 e. The number of amides is 3. The van der Waals surface area contributed by atoms with Crippen molar-refractivity contribution in [2.45, 2.75) is 38.6 Å². The van der Waals surface area contributed by atoms with Crippen LogP contribution in [0.3, 0.4) is 0 Å². The highest BCUT2D eigenvalue weighted by molar-refractivity contribution is 6.16. The van der Waals surface area contributed by atoms with E-state index in [4.69, 9.17) is 0 Å². The van der Waals surface area contributed by atoms with Crippen molar-refractivity contribution in [3.8, 4) is 0 Å². The van der Waals surface area contributed by atoms with Crippen LogP contribution in [0.2, 0.25) is 0 Å². The number of fused-ring (bicyclic) bond motifs is 1. The van der Waals surface area contributed by atoms with Gasteiger partial charge in [-0.1, -0.05) is 57.2 Å². The van der Waals surface area contributed by atoms with Gasteiger partial charge in [-0.25, -0.2) is 4.39 Å². The van der Waals surface area contributed by atoms with Crippen molar-refractivity contribution in [3.63, 3.8) is 0 Å². The van der Waals surface area contributed by atoms with E-state index >= 15 is 0 Å². The van der Waals surface area contributed by atoms with E-state index < -0.39 is 29.6 Å². The minimum atomic E-state index is -1.05. The van der Waals surface area contributed by atoms with Crippen molar-refractivity contribution in [2.24, 2.45) is 0 Å². The number of halogens is 1. The highest BCUT2D eigenvalue weighted by Crippen LogP contribution is 2.33. The molecular formula is C29H28FN3O3. The van der Waals surface area contributed by atoms with Gasteiger partial charge in [0.15, 0.2) is 0 Å². The average Bonchev–Trinajstić information content (AvgIpc) is 2.84. The van der Waals surface area contributed by atoms with E-state index in [1.165, 1.54) is 40.8 Å². The van der Waals surface area contributed by atoms with Gasteiger partial charge in [0.25, 0.3) is 5.91 Å². The fraction of sp³-hybridized carbons (Fsp3) is 0.207. The first kappa shape index (κ1) is 24.9. The Morgan fingerprint density at radius 2 is 1.67 bits per heavy atom. The van der Waals surface area contributed by atoms with Crippen LogP contribution in [-0.4, -0.2) is 23.8 Å². The van der Waals surface area contributed by atoms with Crippen molar-refractivity contribution < 1.29 is 18.8 Å². The maximum Gasteiger partial charge on any atom is 0.251 e. The Hall–Kier alpha value is -4.26. The zero-order valence-corrected chi connectivity index (χ0v) is 20.4. The lowest BCUT2D eigenvalue weighted by Crippen LogP contribution is -2.52. The van der Waals surface area contributed by atoms with Crippen LogP contribution in [0.15, 0.2) is 78.9 Å². The molecule has 4 rings (SSSR count). The molecule has 0 saturated heterocycles. The van der Waals surface area contributed by atoms with Gasteiger partial charge in [0.2, 0.25) is 11.8 Å². The molecular weight excluding hydrogens is 457 g/mol. The van der Waals surface area contributed by atoms with Gasteiger partial charge in [-0.05, 0) is 59.0 Å². The van der Waals surface area contributed by atoms with E-state index in [9.17, 15) is 18.8 Å². The second-order valence-corrected chi connectivity index (χ2v) is 9.69. The Bertz CT molecular complexity index is 1310. The summed E-state index contributed by atoms with van der Waals surface area (Å²) >= 11 is 0. The molecule has 0 saturated carbocycles. The monoisotopic (exact) mass is 485 g/mol. The Morgan fingerprint density at radius 1 is 1.00 bits per heavy atom. The normalized spacial score (nSPS) is 15.4. The molecule has 0 spiro atoms. The summed E-state index contributed by atoms with van der Waals surface area (Å²) in [4.78, 5) is 40.4. The molecule has 0 bridgehead atoms. The lowest BCUT2D eigenvalue weighted by Gasteiger charge is -2.35. The van der Waals surface area contributed by atoms with Gasteiger partial charge in [-0.2, -0.15) is 0 Å². The highest BCUT2D eigenvalue weighted by Gasteiger charge is 2.37. The third-order valence-electron chi connectivity index (χ3n) is 5.98. The number of nitrogens with one attached hydrogen (secondary N) is 2. The zero-order chi connectivity index (χ0) is 25.9. The molecule has 1 aliphatic rings. The van der Waals surface area contributed by atoms with E-state index in [0.29, 0.717) is 17.1 Å². The fourth-order valence-electron chi connectivity index (χ4n) is 4.01. The standard InChI is InChI=1S/C29H28FN3O3/c1-29(2,3)20-11-8-19(9-12-20)10-17-27(35)33-24-7-5-4-6-23(24)32-28(36)25(33)18-26(34)31-22-15-13-21(30)14-16-22/h4-17,25H,18H2,1-3H3,(H,31,34)(H,32,36). The van der Waals surface area contributed by atoms with Gasteiger partial charge in [-0.3, -0.25) is 19.3 Å². The van der Waals surface area contributed by atoms with Crippen LogP contribution >= 0.6 is 0 Å². The SMILES string of the molecule is CC(C)(C)c1ccc(C=CC(=O)N2c3ccccc3NC(=O)C2CC(=O)Nc2ccc(F)cc2)cc1. The summed E-state index contributed by atoms with van der Waals surface area (Å²) in [5.41, 5.74) is 3.44. The van der Waals surface area contributed by atoms with E-state index in [-0.39, 0.29) is 11.8 Å². The van der Waals surface area contributed by atoms with Crippen LogP contribution in [0.5, 0.6) is 0 Å². The first-order valence-corrected chi connectivity index (χ1v) is 11.7. The first-order chi connectivity index (χ1) is 17.1. The van der Waals surface area contributed by atoms with Crippen LogP contribution in [0.1, 0.15) is 38.3 Å². The predicted molar refractivity (Wildman–Crippen MR) is 140 cm³/mol. The summed E-state index contributed by atoms with van der Waals surface area (Å²) in [5, 5.41) is 5.43. The fourth-order valence-corrected chi connectivity index (χ4v) is 4.01. The third-order valence-corrected chi connectivity index (χ3v) is 5.98. The van der Waals surface area contributed by atoms with Crippen molar-refractivity contribution in [1.29, 1.82) is 0 Å². The number of rotatable bonds is 5. The quantitative estimate of drug-likeness (QED) is 0.467. The van der Waals surface area contributed by atoms with Crippen LogP contribution in [0.25, 0.3) is 6.08 Å².